The number of sulfonamides is 1. The van der Waals surface area contributed by atoms with E-state index in [4.69, 9.17) is 4.74 Å². The summed E-state index contributed by atoms with van der Waals surface area (Å²) in [6.07, 6.45) is 0. The SMILES string of the molecule is COc1ccc(NS(=O)(=O)c2ccc(N=Nc3c(O)[nH]c4ccccc34)c([N+](=O)[O-])c2)cc1. The number of azo groups is 1. The fourth-order valence-corrected chi connectivity index (χ4v) is 4.17. The average molecular weight is 467 g/mol. The van der Waals surface area contributed by atoms with E-state index in [9.17, 15) is 23.6 Å². The van der Waals surface area contributed by atoms with Crippen molar-refractivity contribution in [1.82, 2.24) is 4.98 Å². The Morgan fingerprint density at radius 3 is 2.48 bits per heavy atom. The summed E-state index contributed by atoms with van der Waals surface area (Å²) in [7, 11) is -2.63. The summed E-state index contributed by atoms with van der Waals surface area (Å²) >= 11 is 0. The number of nitro groups is 1. The van der Waals surface area contributed by atoms with Gasteiger partial charge >= 0.3 is 0 Å². The van der Waals surface area contributed by atoms with E-state index in [0.29, 0.717) is 16.7 Å². The molecule has 0 unspecified atom stereocenters. The van der Waals surface area contributed by atoms with Crippen LogP contribution in [0.4, 0.5) is 22.7 Å². The second-order valence-electron chi connectivity index (χ2n) is 6.81. The van der Waals surface area contributed by atoms with Crippen LogP contribution in [0.15, 0.2) is 81.9 Å². The summed E-state index contributed by atoms with van der Waals surface area (Å²) in [6, 6.07) is 16.3. The highest BCUT2D eigenvalue weighted by Gasteiger charge is 2.22. The number of H-pyrrole nitrogens is 1. The summed E-state index contributed by atoms with van der Waals surface area (Å²) in [6.45, 7) is 0. The van der Waals surface area contributed by atoms with Crippen LogP contribution in [0.1, 0.15) is 0 Å². The first kappa shape index (κ1) is 21.8. The number of nitrogens with one attached hydrogen (secondary N) is 2. The third-order valence-electron chi connectivity index (χ3n) is 4.71. The lowest BCUT2D eigenvalue weighted by molar-refractivity contribution is -0.384. The number of hydrogen-bond donors (Lipinski definition) is 3. The molecule has 168 valence electrons. The number of nitrogens with zero attached hydrogens (tertiary/aromatic N) is 3. The van der Waals surface area contributed by atoms with Crippen LogP contribution in [-0.4, -0.2) is 30.5 Å². The Kier molecular flexibility index (Phi) is 5.67. The van der Waals surface area contributed by atoms with Crippen molar-refractivity contribution in [2.45, 2.75) is 4.90 Å². The van der Waals surface area contributed by atoms with Gasteiger partial charge in [0.25, 0.3) is 15.7 Å². The minimum atomic E-state index is -4.11. The van der Waals surface area contributed by atoms with Crippen molar-refractivity contribution in [3.63, 3.8) is 0 Å². The molecule has 0 saturated carbocycles. The molecule has 12 heteroatoms. The number of aromatic hydroxyl groups is 1. The van der Waals surface area contributed by atoms with Crippen LogP contribution in [0.2, 0.25) is 0 Å². The molecule has 0 fully saturated rings. The highest BCUT2D eigenvalue weighted by molar-refractivity contribution is 7.92. The Hall–Kier alpha value is -4.45. The molecule has 0 spiro atoms. The number of methoxy groups -OCH3 is 1. The van der Waals surface area contributed by atoms with Crippen LogP contribution in [0.5, 0.6) is 11.6 Å². The topological polar surface area (TPSA) is 159 Å². The second kappa shape index (κ2) is 8.59. The Labute approximate surface area is 187 Å². The molecule has 0 bridgehead atoms. The van der Waals surface area contributed by atoms with Gasteiger partial charge in [-0.05, 0) is 42.5 Å². The van der Waals surface area contributed by atoms with E-state index in [2.05, 4.69) is 19.9 Å². The highest BCUT2D eigenvalue weighted by Crippen LogP contribution is 2.38. The van der Waals surface area contributed by atoms with Crippen LogP contribution in [0.25, 0.3) is 10.9 Å². The minimum absolute atomic E-state index is 0.109. The summed E-state index contributed by atoms with van der Waals surface area (Å²) in [5.74, 6) is 0.301. The van der Waals surface area contributed by atoms with Gasteiger partial charge in [-0.15, -0.1) is 10.2 Å². The fourth-order valence-electron chi connectivity index (χ4n) is 3.09. The van der Waals surface area contributed by atoms with E-state index in [1.165, 1.54) is 31.4 Å². The third kappa shape index (κ3) is 4.45. The molecule has 0 aliphatic rings. The van der Waals surface area contributed by atoms with Crippen LogP contribution in [-0.2, 0) is 10.0 Å². The van der Waals surface area contributed by atoms with Gasteiger partial charge in [-0.25, -0.2) is 8.42 Å². The summed E-state index contributed by atoms with van der Waals surface area (Å²) in [5.41, 5.74) is 0.253. The molecule has 1 heterocycles. The van der Waals surface area contributed by atoms with Gasteiger partial charge < -0.3 is 14.8 Å². The highest BCUT2D eigenvalue weighted by atomic mass is 32.2. The molecule has 33 heavy (non-hydrogen) atoms. The van der Waals surface area contributed by atoms with Crippen molar-refractivity contribution in [1.29, 1.82) is 0 Å². The zero-order chi connectivity index (χ0) is 23.6. The molecule has 0 aliphatic carbocycles. The van der Waals surface area contributed by atoms with Crippen LogP contribution < -0.4 is 9.46 Å². The first-order chi connectivity index (χ1) is 15.8. The number of aromatic nitrogens is 1. The summed E-state index contributed by atoms with van der Waals surface area (Å²) < 4.78 is 32.8. The monoisotopic (exact) mass is 467 g/mol. The Balaban J connectivity index is 1.66. The van der Waals surface area contributed by atoms with E-state index >= 15 is 0 Å². The number of anilines is 1. The molecule has 3 aromatic carbocycles. The molecule has 3 N–H and O–H groups in total. The first-order valence-corrected chi connectivity index (χ1v) is 10.9. The molecule has 4 aromatic rings. The van der Waals surface area contributed by atoms with Crippen molar-refractivity contribution in [2.24, 2.45) is 10.2 Å². The zero-order valence-electron chi connectivity index (χ0n) is 17.1. The van der Waals surface area contributed by atoms with Crippen molar-refractivity contribution < 1.29 is 23.2 Å². The second-order valence-corrected chi connectivity index (χ2v) is 8.49. The van der Waals surface area contributed by atoms with E-state index in [-0.39, 0.29) is 27.8 Å². The lowest BCUT2D eigenvalue weighted by Crippen LogP contribution is -2.13. The smallest absolute Gasteiger partial charge is 0.298 e. The Bertz CT molecular complexity index is 1480. The molecule has 0 amide bonds. The molecule has 0 saturated heterocycles. The molecular formula is C21H17N5O6S. The van der Waals surface area contributed by atoms with E-state index in [0.717, 1.165) is 6.07 Å². The quantitative estimate of drug-likeness (QED) is 0.197. The predicted molar refractivity (Wildman–Crippen MR) is 121 cm³/mol. The Morgan fingerprint density at radius 1 is 1.06 bits per heavy atom. The number of rotatable bonds is 7. The van der Waals surface area contributed by atoms with Crippen LogP contribution in [0, 0.1) is 10.1 Å². The lowest BCUT2D eigenvalue weighted by atomic mass is 10.2. The predicted octanol–water partition coefficient (Wildman–Crippen LogP) is 5.01. The zero-order valence-corrected chi connectivity index (χ0v) is 17.9. The fraction of sp³-hybridized carbons (Fsp3) is 0.0476. The molecule has 4 rings (SSSR count). The van der Waals surface area contributed by atoms with Gasteiger partial charge in [0, 0.05) is 17.1 Å². The number of nitro benzene ring substituents is 1. The number of hydrogen-bond acceptors (Lipinski definition) is 8. The molecule has 0 radical (unpaired) electrons. The number of aromatic amines is 1. The van der Waals surface area contributed by atoms with Crippen molar-refractivity contribution in [2.75, 3.05) is 11.8 Å². The van der Waals surface area contributed by atoms with Crippen molar-refractivity contribution in [3.05, 3.63) is 76.8 Å². The van der Waals surface area contributed by atoms with Crippen molar-refractivity contribution >= 4 is 43.7 Å². The van der Waals surface area contributed by atoms with Gasteiger partial charge in [-0.3, -0.25) is 14.8 Å². The number of para-hydroxylation sites is 1. The van der Waals surface area contributed by atoms with E-state index < -0.39 is 20.6 Å². The summed E-state index contributed by atoms with van der Waals surface area (Å²) in [5, 5.41) is 30.1. The first-order valence-electron chi connectivity index (χ1n) is 9.45. The van der Waals surface area contributed by atoms with E-state index in [1.54, 1.807) is 36.4 Å². The van der Waals surface area contributed by atoms with Crippen LogP contribution >= 0.6 is 0 Å². The maximum Gasteiger partial charge on any atom is 0.298 e. The number of ether oxygens (including phenoxy) is 1. The van der Waals surface area contributed by atoms with Gasteiger partial charge in [0.05, 0.1) is 22.4 Å². The normalized spacial score (nSPS) is 11.7. The van der Waals surface area contributed by atoms with Crippen LogP contribution in [0.3, 0.4) is 0 Å². The molecule has 1 aromatic heterocycles. The summed E-state index contributed by atoms with van der Waals surface area (Å²) in [4.78, 5) is 13.2. The number of benzene rings is 3. The maximum atomic E-state index is 12.7. The lowest BCUT2D eigenvalue weighted by Gasteiger charge is -2.09. The van der Waals surface area contributed by atoms with E-state index in [1.807, 2.05) is 0 Å². The largest absolute Gasteiger partial charge is 0.497 e. The third-order valence-corrected chi connectivity index (χ3v) is 6.09. The average Bonchev–Trinajstić information content (AvgIpc) is 3.12. The van der Waals surface area contributed by atoms with Gasteiger partial charge in [0.15, 0.2) is 11.4 Å². The van der Waals surface area contributed by atoms with Gasteiger partial charge in [0.2, 0.25) is 5.88 Å². The standard InChI is InChI=1S/C21H17N5O6S/c1-32-14-8-6-13(7-9-14)25-33(30,31)15-10-11-18(19(12-15)26(28)29)23-24-20-16-4-2-3-5-17(16)22-21(20)27/h2-12,22,25,27H,1H3. The maximum absolute atomic E-state index is 12.7. The molecule has 11 nitrogen and oxygen atoms in total. The minimum Gasteiger partial charge on any atom is -0.497 e. The van der Waals surface area contributed by atoms with Crippen molar-refractivity contribution in [3.8, 4) is 11.6 Å². The Morgan fingerprint density at radius 2 is 1.79 bits per heavy atom. The molecule has 0 atom stereocenters. The molecular weight excluding hydrogens is 450 g/mol. The molecule has 0 aliphatic heterocycles. The number of fused-ring (bicyclic) bond motifs is 1. The van der Waals surface area contributed by atoms with Gasteiger partial charge in [-0.1, -0.05) is 18.2 Å². The van der Waals surface area contributed by atoms with Gasteiger partial charge in [-0.2, -0.15) is 0 Å². The van der Waals surface area contributed by atoms with Gasteiger partial charge in [0.1, 0.15) is 5.75 Å².